The summed E-state index contributed by atoms with van der Waals surface area (Å²) in [5, 5.41) is 35.0. The largest absolute Gasteiger partial charge is 0.459 e. The minimum absolute atomic E-state index is 0.101. The van der Waals surface area contributed by atoms with Crippen molar-refractivity contribution in [3.8, 4) is 0 Å². The Morgan fingerprint density at radius 2 is 1.50 bits per heavy atom. The minimum Gasteiger partial charge on any atom is -0.459 e. The molecule has 3 aliphatic heterocycles. The zero-order valence-electron chi connectivity index (χ0n) is 36.1. The maximum Gasteiger partial charge on any atom is 0.311 e. The second kappa shape index (κ2) is 19.2. The van der Waals surface area contributed by atoms with Gasteiger partial charge in [-0.3, -0.25) is 4.79 Å². The molecule has 0 bridgehead atoms. The van der Waals surface area contributed by atoms with Crippen LogP contribution in [0.4, 0.5) is 0 Å². The number of methoxy groups -OCH3 is 3. The molecule has 0 aliphatic carbocycles. The molecule has 0 aromatic rings. The molecule has 14 nitrogen and oxygen atoms in total. The van der Waals surface area contributed by atoms with Crippen molar-refractivity contribution in [2.24, 2.45) is 17.8 Å². The van der Waals surface area contributed by atoms with Gasteiger partial charge < -0.3 is 63.0 Å². The Hall–Kier alpha value is -1.01. The Balaban J connectivity index is 2.22. The van der Waals surface area contributed by atoms with Crippen molar-refractivity contribution in [2.75, 3.05) is 49.0 Å². The van der Waals surface area contributed by atoms with Crippen molar-refractivity contribution in [1.82, 2.24) is 9.80 Å². The van der Waals surface area contributed by atoms with Crippen LogP contribution in [0.3, 0.4) is 0 Å². The quantitative estimate of drug-likeness (QED) is 0.293. The molecule has 0 spiro atoms. The number of cyclic esters (lactones) is 1. The van der Waals surface area contributed by atoms with Crippen molar-refractivity contribution in [3.05, 3.63) is 0 Å². The molecule has 3 aliphatic rings. The van der Waals surface area contributed by atoms with E-state index in [4.69, 9.17) is 37.9 Å². The molecular formula is C40H76N2O12. The number of esters is 1. The second-order valence-corrected chi connectivity index (χ2v) is 17.5. The molecule has 318 valence electrons. The van der Waals surface area contributed by atoms with Gasteiger partial charge in [-0.25, -0.2) is 0 Å². The Labute approximate surface area is 325 Å². The van der Waals surface area contributed by atoms with Crippen LogP contribution in [-0.2, 0) is 42.7 Å². The van der Waals surface area contributed by atoms with Crippen LogP contribution in [-0.4, -0.2) is 170 Å². The number of likely N-dealkylation sites (N-methyl/N-ethyl adjacent to an activating group) is 1. The fourth-order valence-electron chi connectivity index (χ4n) is 9.25. The average molecular weight is 777 g/mol. The third-order valence-electron chi connectivity index (χ3n) is 12.9. The number of carbonyl (C=O) groups excluding carboxylic acids is 1. The topological polar surface area (TPSA) is 158 Å². The maximum atomic E-state index is 14.4. The van der Waals surface area contributed by atoms with E-state index in [0.717, 1.165) is 0 Å². The Kier molecular flexibility index (Phi) is 16.8. The monoisotopic (exact) mass is 777 g/mol. The van der Waals surface area contributed by atoms with Crippen LogP contribution in [0.1, 0.15) is 94.9 Å². The number of rotatable bonds is 9. The van der Waals surface area contributed by atoms with E-state index >= 15 is 0 Å². The molecule has 0 unspecified atom stereocenters. The highest BCUT2D eigenvalue weighted by Crippen LogP contribution is 2.41. The summed E-state index contributed by atoms with van der Waals surface area (Å²) in [6.45, 7) is 19.2. The van der Waals surface area contributed by atoms with Gasteiger partial charge in [-0.15, -0.1) is 0 Å². The van der Waals surface area contributed by atoms with Gasteiger partial charge in [0.15, 0.2) is 12.6 Å². The van der Waals surface area contributed by atoms with Gasteiger partial charge in [0.1, 0.15) is 23.9 Å². The summed E-state index contributed by atoms with van der Waals surface area (Å²) in [7, 11) is 10.7. The molecule has 3 heterocycles. The Morgan fingerprint density at radius 3 is 2.04 bits per heavy atom. The normalized spacial score (nSPS) is 48.2. The lowest BCUT2D eigenvalue weighted by molar-refractivity contribution is -0.320. The summed E-state index contributed by atoms with van der Waals surface area (Å²) in [5.74, 6) is -2.51. The zero-order valence-corrected chi connectivity index (χ0v) is 36.1. The predicted octanol–water partition coefficient (Wildman–Crippen LogP) is 3.21. The van der Waals surface area contributed by atoms with E-state index in [0.29, 0.717) is 25.8 Å². The van der Waals surface area contributed by atoms with Gasteiger partial charge in [-0.05, 0) is 94.8 Å². The molecule has 0 saturated carbocycles. The van der Waals surface area contributed by atoms with Crippen molar-refractivity contribution >= 4 is 5.97 Å². The number of aliphatic hydroxyl groups excluding tert-OH is 2. The van der Waals surface area contributed by atoms with E-state index < -0.39 is 83.8 Å². The maximum absolute atomic E-state index is 14.4. The fraction of sp³-hybridized carbons (Fsp3) is 0.975. The molecule has 0 aromatic heterocycles. The Morgan fingerprint density at radius 1 is 0.907 bits per heavy atom. The SMILES string of the molecule is CC[C@H]1OC(=O)[C@H](C)[C@@H](O[C@H]2C[C@@](C)(OC)[C@@H](OC)[C@@H](C)O2)[C@H](C)[C@@H](O[C@@H]2O[C@H](C)C[C@@H](N(C)C)[C@H]2O)[C@](C)(OC)C[C@@H](C)N(C)C[C@H](C)[C@@H](O)[C@]1(C)O. The lowest BCUT2D eigenvalue weighted by atomic mass is 9.78. The molecule has 3 N–H and O–H groups in total. The lowest BCUT2D eigenvalue weighted by Crippen LogP contribution is -2.61. The molecule has 0 amide bonds. The Bertz CT molecular complexity index is 1180. The zero-order chi connectivity index (χ0) is 41.1. The van der Waals surface area contributed by atoms with Gasteiger partial charge in [0, 0.05) is 52.3 Å². The predicted molar refractivity (Wildman–Crippen MR) is 204 cm³/mol. The van der Waals surface area contributed by atoms with Crippen LogP contribution in [0.25, 0.3) is 0 Å². The number of aliphatic hydroxyl groups is 3. The van der Waals surface area contributed by atoms with Crippen LogP contribution in [0.5, 0.6) is 0 Å². The van der Waals surface area contributed by atoms with Crippen LogP contribution in [0.2, 0.25) is 0 Å². The van der Waals surface area contributed by atoms with Gasteiger partial charge in [0.05, 0.1) is 47.6 Å². The molecule has 3 saturated heterocycles. The van der Waals surface area contributed by atoms with Gasteiger partial charge in [0.2, 0.25) is 0 Å². The van der Waals surface area contributed by atoms with E-state index in [1.165, 1.54) is 6.92 Å². The van der Waals surface area contributed by atoms with Gasteiger partial charge in [-0.2, -0.15) is 0 Å². The molecule has 3 rings (SSSR count). The average Bonchev–Trinajstić information content (AvgIpc) is 3.10. The van der Waals surface area contributed by atoms with Crippen LogP contribution < -0.4 is 0 Å². The van der Waals surface area contributed by atoms with E-state index in [9.17, 15) is 20.1 Å². The number of hydrogen-bond acceptors (Lipinski definition) is 14. The molecule has 0 radical (unpaired) electrons. The first kappa shape index (κ1) is 47.4. The second-order valence-electron chi connectivity index (χ2n) is 17.5. The first-order chi connectivity index (χ1) is 25.0. The van der Waals surface area contributed by atoms with Crippen molar-refractivity contribution in [2.45, 2.75) is 185 Å². The van der Waals surface area contributed by atoms with Gasteiger partial charge >= 0.3 is 5.97 Å². The number of ether oxygens (including phenoxy) is 8. The third kappa shape index (κ3) is 10.3. The standard InChI is InChI=1S/C40H76N2O12/c1-17-29-40(10,46)33(44)22(2)21-42(13)23(3)19-38(8,48-15)34(54-37-31(43)28(41(11)12)18-24(4)50-37)25(5)32(26(6)36(45)52-29)53-30-20-39(9,49-16)35(47-14)27(7)51-30/h22-35,37,43-44,46H,17-21H2,1-16H3/t22-,23+,24+,25-,26+,27+,28+,29+,30-,31+,32-,33+,34+,35-,37-,38+,39+,40+/m0/s1. The molecule has 54 heavy (non-hydrogen) atoms. The smallest absolute Gasteiger partial charge is 0.311 e. The van der Waals surface area contributed by atoms with Crippen LogP contribution >= 0.6 is 0 Å². The summed E-state index contributed by atoms with van der Waals surface area (Å²) in [4.78, 5) is 18.5. The minimum atomic E-state index is -1.74. The van der Waals surface area contributed by atoms with Crippen molar-refractivity contribution in [1.29, 1.82) is 0 Å². The number of hydrogen-bond donors (Lipinski definition) is 3. The summed E-state index contributed by atoms with van der Waals surface area (Å²) in [5.41, 5.74) is -3.52. The van der Waals surface area contributed by atoms with E-state index in [2.05, 4.69) is 11.8 Å². The van der Waals surface area contributed by atoms with E-state index in [-0.39, 0.29) is 36.6 Å². The van der Waals surface area contributed by atoms with Gasteiger partial charge in [-0.1, -0.05) is 20.8 Å². The molecule has 0 aromatic carbocycles. The van der Waals surface area contributed by atoms with Crippen LogP contribution in [0.15, 0.2) is 0 Å². The highest BCUT2D eigenvalue weighted by molar-refractivity contribution is 5.73. The fourth-order valence-corrected chi connectivity index (χ4v) is 9.25. The van der Waals surface area contributed by atoms with E-state index in [1.807, 2.05) is 74.5 Å². The summed E-state index contributed by atoms with van der Waals surface area (Å²) >= 11 is 0. The molecule has 18 atom stereocenters. The number of nitrogens with zero attached hydrogens (tertiary/aromatic N) is 2. The molecule has 14 heteroatoms. The molecule has 3 fully saturated rings. The first-order valence-electron chi connectivity index (χ1n) is 19.9. The lowest BCUT2D eigenvalue weighted by Gasteiger charge is -2.50. The summed E-state index contributed by atoms with van der Waals surface area (Å²) in [6.07, 6.45) is -6.05. The third-order valence-corrected chi connectivity index (χ3v) is 12.9. The van der Waals surface area contributed by atoms with Crippen molar-refractivity contribution < 1.29 is 58.0 Å². The molecular weight excluding hydrogens is 700 g/mol. The summed E-state index contributed by atoms with van der Waals surface area (Å²) < 4.78 is 51.0. The van der Waals surface area contributed by atoms with Crippen LogP contribution in [0, 0.1) is 17.8 Å². The first-order valence-corrected chi connectivity index (χ1v) is 19.9. The summed E-state index contributed by atoms with van der Waals surface area (Å²) in [6, 6.07) is -0.323. The van der Waals surface area contributed by atoms with E-state index in [1.54, 1.807) is 28.3 Å². The van der Waals surface area contributed by atoms with Gasteiger partial charge in [0.25, 0.3) is 0 Å². The highest BCUT2D eigenvalue weighted by Gasteiger charge is 2.53. The highest BCUT2D eigenvalue weighted by atomic mass is 16.7. The number of carbonyl (C=O) groups is 1. The van der Waals surface area contributed by atoms with Crippen molar-refractivity contribution in [3.63, 3.8) is 0 Å².